The van der Waals surface area contributed by atoms with Crippen LogP contribution in [0.15, 0.2) is 12.1 Å². The predicted octanol–water partition coefficient (Wildman–Crippen LogP) is 2.27. The highest BCUT2D eigenvalue weighted by molar-refractivity contribution is 6.20. The number of carbonyl (C=O) groups is 2. The molecule has 3 N–H and O–H groups in total. The molecule has 0 radical (unpaired) electrons. The molecule has 1 aromatic carbocycles. The van der Waals surface area contributed by atoms with Crippen molar-refractivity contribution in [1.29, 1.82) is 0 Å². The number of rotatable bonds is 4. The van der Waals surface area contributed by atoms with E-state index in [0.29, 0.717) is 6.07 Å². The van der Waals surface area contributed by atoms with Gasteiger partial charge in [-0.1, -0.05) is 0 Å². The summed E-state index contributed by atoms with van der Waals surface area (Å²) in [5, 5.41) is 2.25. The summed E-state index contributed by atoms with van der Waals surface area (Å²) in [6, 6.07) is 1.35. The topological polar surface area (TPSA) is 72.2 Å². The maximum absolute atomic E-state index is 13.5. The van der Waals surface area contributed by atoms with Gasteiger partial charge in [-0.2, -0.15) is 0 Å². The van der Waals surface area contributed by atoms with Gasteiger partial charge >= 0.3 is 0 Å². The van der Waals surface area contributed by atoms with E-state index in [1.807, 2.05) is 0 Å². The third-order valence-corrected chi connectivity index (χ3v) is 3.19. The van der Waals surface area contributed by atoms with Crippen molar-refractivity contribution in [1.82, 2.24) is 0 Å². The normalized spacial score (nSPS) is 11.2. The number of alkyl halides is 1. The van der Waals surface area contributed by atoms with E-state index >= 15 is 0 Å². The Hall–Kier alpha value is -1.69. The zero-order valence-corrected chi connectivity index (χ0v) is 11.1. The summed E-state index contributed by atoms with van der Waals surface area (Å²) in [6.45, 7) is 3.12. The van der Waals surface area contributed by atoms with Gasteiger partial charge in [0, 0.05) is 11.9 Å². The first kappa shape index (κ1) is 15.4. The summed E-state index contributed by atoms with van der Waals surface area (Å²) >= 11 is 5.61. The summed E-state index contributed by atoms with van der Waals surface area (Å²) in [6.07, 6.45) is 0. The zero-order valence-electron chi connectivity index (χ0n) is 10.4. The van der Waals surface area contributed by atoms with Crippen LogP contribution in [0.3, 0.4) is 0 Å². The molecule has 19 heavy (non-hydrogen) atoms. The van der Waals surface area contributed by atoms with Crippen molar-refractivity contribution in [2.24, 2.45) is 11.1 Å². The van der Waals surface area contributed by atoms with E-state index in [-0.39, 0.29) is 11.6 Å². The predicted molar refractivity (Wildman–Crippen MR) is 68.0 cm³/mol. The maximum Gasteiger partial charge on any atom is 0.251 e. The minimum absolute atomic E-state index is 0.0182. The summed E-state index contributed by atoms with van der Waals surface area (Å²) in [5.74, 6) is -3.67. The molecule has 0 aromatic heterocycles. The Morgan fingerprint density at radius 2 is 1.89 bits per heavy atom. The van der Waals surface area contributed by atoms with Gasteiger partial charge in [0.2, 0.25) is 5.91 Å². The molecule has 1 aromatic rings. The van der Waals surface area contributed by atoms with Crippen molar-refractivity contribution < 1.29 is 18.4 Å². The average Bonchev–Trinajstić information content (AvgIpc) is 2.31. The highest BCUT2D eigenvalue weighted by Gasteiger charge is 2.27. The second kappa shape index (κ2) is 5.52. The van der Waals surface area contributed by atoms with Gasteiger partial charge < -0.3 is 11.1 Å². The average molecular weight is 291 g/mol. The zero-order chi connectivity index (χ0) is 14.8. The fourth-order valence-electron chi connectivity index (χ4n) is 1.19. The van der Waals surface area contributed by atoms with Crippen LogP contribution in [0.2, 0.25) is 0 Å². The Morgan fingerprint density at radius 1 is 1.32 bits per heavy atom. The molecule has 104 valence electrons. The number of nitrogens with one attached hydrogen (secondary N) is 1. The van der Waals surface area contributed by atoms with Gasteiger partial charge in [-0.3, -0.25) is 9.59 Å². The highest BCUT2D eigenvalue weighted by atomic mass is 35.5. The number of benzene rings is 1. The molecule has 0 unspecified atom stereocenters. The molecule has 7 heteroatoms. The summed E-state index contributed by atoms with van der Waals surface area (Å²) in [4.78, 5) is 22.8. The summed E-state index contributed by atoms with van der Waals surface area (Å²) in [7, 11) is 0. The minimum atomic E-state index is -1.08. The Labute approximate surface area is 113 Å². The fourth-order valence-corrected chi connectivity index (χ4v) is 1.31. The standard InChI is InChI=1S/C12H13ClF2N2O2/c1-12(2,5-13)11(19)17-9-3-6(10(16)18)7(14)4-8(9)15/h3-4H,5H2,1-2H3,(H2,16,18)(H,17,19). The molecular formula is C12H13ClF2N2O2. The van der Waals surface area contributed by atoms with Crippen LogP contribution in [-0.2, 0) is 4.79 Å². The van der Waals surface area contributed by atoms with Gasteiger partial charge in [-0.05, 0) is 19.9 Å². The first-order chi connectivity index (χ1) is 8.69. The lowest BCUT2D eigenvalue weighted by Gasteiger charge is -2.20. The molecule has 0 aliphatic rings. The van der Waals surface area contributed by atoms with Crippen LogP contribution < -0.4 is 11.1 Å². The highest BCUT2D eigenvalue weighted by Crippen LogP contribution is 2.24. The maximum atomic E-state index is 13.5. The van der Waals surface area contributed by atoms with E-state index < -0.39 is 34.4 Å². The van der Waals surface area contributed by atoms with E-state index in [1.165, 1.54) is 0 Å². The van der Waals surface area contributed by atoms with E-state index in [9.17, 15) is 18.4 Å². The van der Waals surface area contributed by atoms with Crippen molar-refractivity contribution in [2.45, 2.75) is 13.8 Å². The van der Waals surface area contributed by atoms with Crippen LogP contribution in [0, 0.1) is 17.0 Å². The molecule has 0 saturated carbocycles. The number of hydrogen-bond donors (Lipinski definition) is 2. The van der Waals surface area contributed by atoms with Crippen molar-refractivity contribution in [3.8, 4) is 0 Å². The number of halogens is 3. The van der Waals surface area contributed by atoms with Gasteiger partial charge in [0.15, 0.2) is 0 Å². The van der Waals surface area contributed by atoms with Gasteiger partial charge in [0.05, 0.1) is 16.7 Å². The van der Waals surface area contributed by atoms with E-state index in [1.54, 1.807) is 13.8 Å². The van der Waals surface area contributed by atoms with Gasteiger partial charge in [-0.15, -0.1) is 11.6 Å². The van der Waals surface area contributed by atoms with E-state index in [0.717, 1.165) is 6.07 Å². The van der Waals surface area contributed by atoms with Crippen LogP contribution in [0.1, 0.15) is 24.2 Å². The molecule has 4 nitrogen and oxygen atoms in total. The SMILES string of the molecule is CC(C)(CCl)C(=O)Nc1cc(C(N)=O)c(F)cc1F. The van der Waals surface area contributed by atoms with E-state index in [2.05, 4.69) is 5.32 Å². The van der Waals surface area contributed by atoms with E-state index in [4.69, 9.17) is 17.3 Å². The van der Waals surface area contributed by atoms with Crippen molar-refractivity contribution in [2.75, 3.05) is 11.2 Å². The third-order valence-electron chi connectivity index (χ3n) is 2.52. The first-order valence-electron chi connectivity index (χ1n) is 5.35. The van der Waals surface area contributed by atoms with Crippen LogP contribution >= 0.6 is 11.6 Å². The molecule has 0 aliphatic heterocycles. The largest absolute Gasteiger partial charge is 0.366 e. The molecule has 0 heterocycles. The van der Waals surface area contributed by atoms with Crippen LogP contribution in [0.25, 0.3) is 0 Å². The quantitative estimate of drug-likeness (QED) is 0.835. The van der Waals surface area contributed by atoms with Crippen LogP contribution in [-0.4, -0.2) is 17.7 Å². The number of anilines is 1. The summed E-state index contributed by atoms with van der Waals surface area (Å²) in [5.41, 5.74) is 3.19. The molecule has 0 bridgehead atoms. The molecule has 0 fully saturated rings. The Bertz CT molecular complexity index is 533. The molecule has 0 aliphatic carbocycles. The molecule has 0 atom stereocenters. The molecular weight excluding hydrogens is 278 g/mol. The fraction of sp³-hybridized carbons (Fsp3) is 0.333. The minimum Gasteiger partial charge on any atom is -0.366 e. The number of carbonyl (C=O) groups excluding carboxylic acids is 2. The number of amides is 2. The van der Waals surface area contributed by atoms with Crippen LogP contribution in [0.4, 0.5) is 14.5 Å². The lowest BCUT2D eigenvalue weighted by atomic mass is 9.95. The van der Waals surface area contributed by atoms with Crippen molar-refractivity contribution >= 4 is 29.1 Å². The van der Waals surface area contributed by atoms with Crippen molar-refractivity contribution in [3.05, 3.63) is 29.3 Å². The number of nitrogens with two attached hydrogens (primary N) is 1. The Kier molecular flexibility index (Phi) is 4.47. The smallest absolute Gasteiger partial charge is 0.251 e. The summed E-state index contributed by atoms with van der Waals surface area (Å²) < 4.78 is 26.8. The lowest BCUT2D eigenvalue weighted by Crippen LogP contribution is -2.32. The second-order valence-corrected chi connectivity index (χ2v) is 4.92. The van der Waals surface area contributed by atoms with Gasteiger partial charge in [0.25, 0.3) is 5.91 Å². The second-order valence-electron chi connectivity index (χ2n) is 4.65. The molecule has 2 amide bonds. The van der Waals surface area contributed by atoms with Crippen LogP contribution in [0.5, 0.6) is 0 Å². The van der Waals surface area contributed by atoms with Gasteiger partial charge in [-0.25, -0.2) is 8.78 Å². The molecule has 1 rings (SSSR count). The molecule has 0 spiro atoms. The monoisotopic (exact) mass is 290 g/mol. The van der Waals surface area contributed by atoms with Crippen molar-refractivity contribution in [3.63, 3.8) is 0 Å². The Morgan fingerprint density at radius 3 is 2.37 bits per heavy atom. The lowest BCUT2D eigenvalue weighted by molar-refractivity contribution is -0.123. The number of hydrogen-bond acceptors (Lipinski definition) is 2. The van der Waals surface area contributed by atoms with Gasteiger partial charge in [0.1, 0.15) is 11.6 Å². The third kappa shape index (κ3) is 3.41. The number of primary amides is 1. The molecule has 0 saturated heterocycles. The Balaban J connectivity index is 3.12. The first-order valence-corrected chi connectivity index (χ1v) is 5.88.